The maximum absolute atomic E-state index is 12.1. The fraction of sp³-hybridized carbons (Fsp3) is 0. The number of halogens is 2. The van der Waals surface area contributed by atoms with E-state index in [1.807, 2.05) is 0 Å². The number of nitrogens with zero attached hydrogens (tertiary/aromatic N) is 1. The summed E-state index contributed by atoms with van der Waals surface area (Å²) in [5.74, 6) is -1.97. The number of hydrogen-bond donors (Lipinski definition) is 2. The molecule has 0 aliphatic carbocycles. The molecule has 0 amide bonds. The summed E-state index contributed by atoms with van der Waals surface area (Å²) >= 11 is 8.65. The van der Waals surface area contributed by atoms with Gasteiger partial charge in [0.05, 0.1) is 5.02 Å². The smallest absolute Gasteiger partial charge is 0.371 e. The Hall–Kier alpha value is -1.58. The second-order valence-electron chi connectivity index (χ2n) is 3.49. The molecule has 0 aromatic carbocycles. The van der Waals surface area contributed by atoms with Crippen molar-refractivity contribution in [1.29, 1.82) is 0 Å². The Morgan fingerprint density at radius 1 is 1.50 bits per heavy atom. The van der Waals surface area contributed by atoms with Gasteiger partial charge < -0.3 is 9.52 Å². The molecule has 0 aliphatic heterocycles. The summed E-state index contributed by atoms with van der Waals surface area (Å²) < 4.78 is 30.9. The van der Waals surface area contributed by atoms with Gasteiger partial charge in [-0.1, -0.05) is 11.6 Å². The van der Waals surface area contributed by atoms with Crippen LogP contribution in [-0.4, -0.2) is 24.5 Å². The summed E-state index contributed by atoms with van der Waals surface area (Å²) in [6.45, 7) is 0. The molecule has 7 nitrogen and oxygen atoms in total. The van der Waals surface area contributed by atoms with E-state index in [4.69, 9.17) is 21.1 Å². The SMILES string of the molecule is O=C(O)c1cc(S(=O)(=O)Nc2ncccc2Cl)c(Br)o1. The molecule has 20 heavy (non-hydrogen) atoms. The third-order valence-electron chi connectivity index (χ3n) is 2.15. The molecule has 0 saturated carbocycles. The van der Waals surface area contributed by atoms with Crippen LogP contribution in [0, 0.1) is 0 Å². The van der Waals surface area contributed by atoms with Gasteiger partial charge in [-0.25, -0.2) is 18.2 Å². The quantitative estimate of drug-likeness (QED) is 0.842. The topological polar surface area (TPSA) is 110 Å². The Kier molecular flexibility index (Phi) is 4.02. The number of hydrogen-bond acceptors (Lipinski definition) is 5. The fourth-order valence-corrected chi connectivity index (χ4v) is 3.48. The lowest BCUT2D eigenvalue weighted by Crippen LogP contribution is -2.14. The number of pyridine rings is 1. The first kappa shape index (κ1) is 14.8. The van der Waals surface area contributed by atoms with Crippen molar-refractivity contribution in [1.82, 2.24) is 4.98 Å². The van der Waals surface area contributed by atoms with E-state index < -0.39 is 21.8 Å². The summed E-state index contributed by atoms with van der Waals surface area (Å²) in [5, 5.41) is 8.86. The zero-order chi connectivity index (χ0) is 14.9. The highest BCUT2D eigenvalue weighted by molar-refractivity contribution is 9.10. The number of carboxylic acids is 1. The van der Waals surface area contributed by atoms with Crippen molar-refractivity contribution in [2.45, 2.75) is 4.90 Å². The molecule has 0 bridgehead atoms. The number of furan rings is 1. The lowest BCUT2D eigenvalue weighted by molar-refractivity contribution is 0.0661. The number of carboxylic acid groups (broad SMARTS) is 1. The van der Waals surface area contributed by atoms with E-state index in [0.717, 1.165) is 6.07 Å². The average Bonchev–Trinajstić information content (AvgIpc) is 2.75. The van der Waals surface area contributed by atoms with Gasteiger partial charge in [-0.05, 0) is 28.1 Å². The van der Waals surface area contributed by atoms with Crippen LogP contribution >= 0.6 is 27.5 Å². The highest BCUT2D eigenvalue weighted by atomic mass is 79.9. The molecule has 2 heterocycles. The minimum absolute atomic E-state index is 0.0702. The zero-order valence-corrected chi connectivity index (χ0v) is 12.7. The molecule has 106 valence electrons. The first-order valence-corrected chi connectivity index (χ1v) is 7.62. The summed E-state index contributed by atoms with van der Waals surface area (Å²) in [6.07, 6.45) is 1.36. The monoisotopic (exact) mass is 380 g/mol. The highest BCUT2D eigenvalue weighted by Crippen LogP contribution is 2.29. The van der Waals surface area contributed by atoms with Gasteiger partial charge in [0, 0.05) is 12.3 Å². The van der Waals surface area contributed by atoms with E-state index in [1.54, 1.807) is 0 Å². The predicted molar refractivity (Wildman–Crippen MR) is 73.4 cm³/mol. The van der Waals surface area contributed by atoms with E-state index >= 15 is 0 Å². The molecule has 2 N–H and O–H groups in total. The fourth-order valence-electron chi connectivity index (χ4n) is 1.28. The van der Waals surface area contributed by atoms with Gasteiger partial charge in [-0.15, -0.1) is 0 Å². The number of carbonyl (C=O) groups is 1. The molecule has 0 fully saturated rings. The summed E-state index contributed by atoms with van der Waals surface area (Å²) in [6, 6.07) is 3.88. The van der Waals surface area contributed by atoms with Crippen LogP contribution in [-0.2, 0) is 10.0 Å². The lowest BCUT2D eigenvalue weighted by atomic mass is 10.5. The van der Waals surface area contributed by atoms with Gasteiger partial charge >= 0.3 is 5.97 Å². The summed E-state index contributed by atoms with van der Waals surface area (Å²) in [7, 11) is -4.08. The molecule has 2 aromatic rings. The number of anilines is 1. The van der Waals surface area contributed by atoms with Gasteiger partial charge in [0.25, 0.3) is 10.0 Å². The van der Waals surface area contributed by atoms with Gasteiger partial charge in [-0.3, -0.25) is 4.72 Å². The molecular formula is C10H6BrClN2O5S. The minimum Gasteiger partial charge on any atom is -0.475 e. The molecule has 0 unspecified atom stereocenters. The van der Waals surface area contributed by atoms with Gasteiger partial charge in [0.1, 0.15) is 4.90 Å². The van der Waals surface area contributed by atoms with Gasteiger partial charge in [0.2, 0.25) is 5.76 Å². The molecule has 2 rings (SSSR count). The number of aromatic nitrogens is 1. The van der Waals surface area contributed by atoms with E-state index in [1.165, 1.54) is 18.3 Å². The van der Waals surface area contributed by atoms with Crippen LogP contribution in [0.25, 0.3) is 0 Å². The maximum Gasteiger partial charge on any atom is 0.371 e. The minimum atomic E-state index is -4.08. The van der Waals surface area contributed by atoms with Crippen molar-refractivity contribution < 1.29 is 22.7 Å². The third-order valence-corrected chi connectivity index (χ3v) is 4.65. The number of aromatic carboxylic acids is 1. The Morgan fingerprint density at radius 2 is 2.20 bits per heavy atom. The van der Waals surface area contributed by atoms with E-state index in [2.05, 4.69) is 25.6 Å². The molecule has 2 aromatic heterocycles. The first-order chi connectivity index (χ1) is 9.31. The van der Waals surface area contributed by atoms with Crippen molar-refractivity contribution in [2.24, 2.45) is 0 Å². The molecule has 0 atom stereocenters. The lowest BCUT2D eigenvalue weighted by Gasteiger charge is -2.06. The predicted octanol–water partition coefficient (Wildman–Crippen LogP) is 2.59. The van der Waals surface area contributed by atoms with Crippen LogP contribution in [0.15, 0.2) is 38.4 Å². The number of nitrogens with one attached hydrogen (secondary N) is 1. The molecule has 0 saturated heterocycles. The van der Waals surface area contributed by atoms with Crippen LogP contribution in [0.2, 0.25) is 5.02 Å². The Morgan fingerprint density at radius 3 is 2.75 bits per heavy atom. The van der Waals surface area contributed by atoms with Gasteiger partial charge in [-0.2, -0.15) is 0 Å². The highest BCUT2D eigenvalue weighted by Gasteiger charge is 2.25. The van der Waals surface area contributed by atoms with Crippen LogP contribution < -0.4 is 4.72 Å². The molecule has 0 radical (unpaired) electrons. The Labute approximate surface area is 126 Å². The van der Waals surface area contributed by atoms with Crippen molar-refractivity contribution in [3.05, 3.63) is 39.8 Å². The second kappa shape index (κ2) is 5.43. The van der Waals surface area contributed by atoms with Crippen molar-refractivity contribution in [3.63, 3.8) is 0 Å². The normalized spacial score (nSPS) is 11.3. The molecular weight excluding hydrogens is 376 g/mol. The first-order valence-electron chi connectivity index (χ1n) is 4.97. The van der Waals surface area contributed by atoms with Crippen LogP contribution in [0.4, 0.5) is 5.82 Å². The van der Waals surface area contributed by atoms with E-state index in [-0.39, 0.29) is 20.4 Å². The number of rotatable bonds is 4. The van der Waals surface area contributed by atoms with Crippen LogP contribution in [0.3, 0.4) is 0 Å². The van der Waals surface area contributed by atoms with Crippen LogP contribution in [0.1, 0.15) is 10.6 Å². The number of sulfonamides is 1. The maximum atomic E-state index is 12.1. The summed E-state index contributed by atoms with van der Waals surface area (Å²) in [4.78, 5) is 14.2. The van der Waals surface area contributed by atoms with E-state index in [9.17, 15) is 13.2 Å². The molecule has 0 aliphatic rings. The van der Waals surface area contributed by atoms with Crippen molar-refractivity contribution in [3.8, 4) is 0 Å². The molecule has 0 spiro atoms. The molecule has 10 heteroatoms. The van der Waals surface area contributed by atoms with Crippen LogP contribution in [0.5, 0.6) is 0 Å². The van der Waals surface area contributed by atoms with Crippen molar-refractivity contribution in [2.75, 3.05) is 4.72 Å². The zero-order valence-electron chi connectivity index (χ0n) is 9.50. The third kappa shape index (κ3) is 2.94. The second-order valence-corrected chi connectivity index (χ2v) is 6.27. The summed E-state index contributed by atoms with van der Waals surface area (Å²) in [5.41, 5.74) is 0. The Bertz CT molecular complexity index is 774. The van der Waals surface area contributed by atoms with Gasteiger partial charge in [0.15, 0.2) is 10.5 Å². The largest absolute Gasteiger partial charge is 0.475 e. The van der Waals surface area contributed by atoms with Crippen molar-refractivity contribution >= 4 is 49.3 Å². The van der Waals surface area contributed by atoms with E-state index in [0.29, 0.717) is 0 Å². The Balaban J connectivity index is 2.41. The average molecular weight is 382 g/mol. The standard InChI is InChI=1S/C10H6BrClN2O5S/c11-8-7(4-6(19-8)10(15)16)20(17,18)14-9-5(12)2-1-3-13-9/h1-4H,(H,13,14)(H,15,16).